The Balaban J connectivity index is 1.78. The van der Waals surface area contributed by atoms with Gasteiger partial charge in [0.05, 0.1) is 11.4 Å². The fraction of sp³-hybridized carbons (Fsp3) is 0.409. The van der Waals surface area contributed by atoms with Gasteiger partial charge in [0.1, 0.15) is 0 Å². The van der Waals surface area contributed by atoms with Crippen LogP contribution in [0.5, 0.6) is 0 Å². The van der Waals surface area contributed by atoms with E-state index in [1.165, 1.54) is 16.4 Å². The molecule has 1 aliphatic rings. The molecule has 0 radical (unpaired) electrons. The fourth-order valence-electron chi connectivity index (χ4n) is 3.45. The summed E-state index contributed by atoms with van der Waals surface area (Å²) in [6.07, 6.45) is 2.46. The zero-order valence-corrected chi connectivity index (χ0v) is 18.2. The Morgan fingerprint density at radius 3 is 2.31 bits per heavy atom. The first-order valence-electron chi connectivity index (χ1n) is 9.93. The van der Waals surface area contributed by atoms with E-state index in [1.807, 2.05) is 30.3 Å². The van der Waals surface area contributed by atoms with Gasteiger partial charge in [0, 0.05) is 24.7 Å². The van der Waals surface area contributed by atoms with Crippen molar-refractivity contribution in [2.45, 2.75) is 31.1 Å². The van der Waals surface area contributed by atoms with Crippen molar-refractivity contribution in [3.8, 4) is 0 Å². The molecule has 1 aliphatic heterocycles. The number of likely N-dealkylation sites (tertiary alicyclic amines) is 1. The number of nitrogens with zero attached hydrogens (tertiary/aromatic N) is 2. The molecule has 0 N–H and O–H groups in total. The van der Waals surface area contributed by atoms with E-state index >= 15 is 0 Å². The number of carbonyl (C=O) groups excluding carboxylic acids is 1. The number of rotatable bonds is 7. The van der Waals surface area contributed by atoms with E-state index < -0.39 is 10.0 Å². The van der Waals surface area contributed by atoms with Gasteiger partial charge in [0.25, 0.3) is 0 Å². The molecule has 1 saturated heterocycles. The summed E-state index contributed by atoms with van der Waals surface area (Å²) in [6, 6.07) is 15.8. The minimum atomic E-state index is -3.81. The summed E-state index contributed by atoms with van der Waals surface area (Å²) in [5, 5.41) is 0.471. The molecule has 0 saturated carbocycles. The molecule has 0 spiro atoms. The molecular weight excluding hydrogens is 408 g/mol. The first-order chi connectivity index (χ1) is 13.9. The standard InChI is InChI=1S/C22H27ClN2O3S/c1-18-11-14-24(15-12-18)22(26)17-25(16-13-19-5-3-2-4-6-19)29(27,28)21-9-7-20(23)8-10-21/h2-10,18H,11-17H2,1H3. The maximum absolute atomic E-state index is 13.2. The minimum absolute atomic E-state index is 0.137. The Bertz CT molecular complexity index is 909. The number of halogens is 1. The number of benzene rings is 2. The van der Waals surface area contributed by atoms with Crippen molar-refractivity contribution in [1.82, 2.24) is 9.21 Å². The maximum atomic E-state index is 13.2. The second-order valence-electron chi connectivity index (χ2n) is 7.59. The summed E-state index contributed by atoms with van der Waals surface area (Å²) in [5.41, 5.74) is 1.03. The van der Waals surface area contributed by atoms with Crippen LogP contribution in [0, 0.1) is 5.92 Å². The predicted molar refractivity (Wildman–Crippen MR) is 115 cm³/mol. The van der Waals surface area contributed by atoms with Gasteiger partial charge in [0.2, 0.25) is 15.9 Å². The Hall–Kier alpha value is -1.89. The van der Waals surface area contributed by atoms with Gasteiger partial charge in [-0.05, 0) is 55.0 Å². The highest BCUT2D eigenvalue weighted by Gasteiger charge is 2.29. The van der Waals surface area contributed by atoms with E-state index in [4.69, 9.17) is 11.6 Å². The molecule has 1 heterocycles. The summed E-state index contributed by atoms with van der Waals surface area (Å²) >= 11 is 5.91. The third kappa shape index (κ3) is 5.81. The highest BCUT2D eigenvalue weighted by Crippen LogP contribution is 2.21. The lowest BCUT2D eigenvalue weighted by molar-refractivity contribution is -0.132. The van der Waals surface area contributed by atoms with E-state index in [0.717, 1.165) is 18.4 Å². The third-order valence-corrected chi connectivity index (χ3v) is 7.50. The van der Waals surface area contributed by atoms with Gasteiger partial charge in [-0.3, -0.25) is 4.79 Å². The van der Waals surface area contributed by atoms with Crippen LogP contribution < -0.4 is 0 Å². The molecule has 2 aromatic rings. The van der Waals surface area contributed by atoms with E-state index in [-0.39, 0.29) is 23.9 Å². The van der Waals surface area contributed by atoms with E-state index in [2.05, 4.69) is 6.92 Å². The van der Waals surface area contributed by atoms with Gasteiger partial charge in [0.15, 0.2) is 0 Å². The molecule has 1 amide bonds. The second kappa shape index (κ2) is 9.74. The Labute approximate surface area is 178 Å². The number of hydrogen-bond acceptors (Lipinski definition) is 3. The second-order valence-corrected chi connectivity index (χ2v) is 9.97. The zero-order valence-electron chi connectivity index (χ0n) is 16.6. The number of sulfonamides is 1. The molecule has 29 heavy (non-hydrogen) atoms. The summed E-state index contributed by atoms with van der Waals surface area (Å²) in [7, 11) is -3.81. The van der Waals surface area contributed by atoms with Crippen LogP contribution in [0.3, 0.4) is 0 Å². The molecular formula is C22H27ClN2O3S. The number of piperidine rings is 1. The lowest BCUT2D eigenvalue weighted by atomic mass is 9.99. The highest BCUT2D eigenvalue weighted by molar-refractivity contribution is 7.89. The van der Waals surface area contributed by atoms with Crippen molar-refractivity contribution < 1.29 is 13.2 Å². The molecule has 7 heteroatoms. The Kier molecular flexibility index (Phi) is 7.33. The van der Waals surface area contributed by atoms with Crippen molar-refractivity contribution >= 4 is 27.5 Å². The van der Waals surface area contributed by atoms with Crippen LogP contribution in [-0.2, 0) is 21.2 Å². The predicted octanol–water partition coefficient (Wildman–Crippen LogP) is 3.83. The van der Waals surface area contributed by atoms with Crippen LogP contribution in [0.15, 0.2) is 59.5 Å². The van der Waals surface area contributed by atoms with Gasteiger partial charge in [-0.1, -0.05) is 48.9 Å². The van der Waals surface area contributed by atoms with Crippen molar-refractivity contribution in [1.29, 1.82) is 0 Å². The third-order valence-electron chi connectivity index (χ3n) is 5.39. The Morgan fingerprint density at radius 2 is 1.69 bits per heavy atom. The van der Waals surface area contributed by atoms with Gasteiger partial charge < -0.3 is 4.90 Å². The Morgan fingerprint density at radius 1 is 1.07 bits per heavy atom. The quantitative estimate of drug-likeness (QED) is 0.665. The zero-order chi connectivity index (χ0) is 20.9. The molecule has 156 valence electrons. The number of amides is 1. The molecule has 0 aromatic heterocycles. The molecule has 1 fully saturated rings. The van der Waals surface area contributed by atoms with E-state index in [9.17, 15) is 13.2 Å². The van der Waals surface area contributed by atoms with Crippen LogP contribution in [0.2, 0.25) is 5.02 Å². The SMILES string of the molecule is CC1CCN(C(=O)CN(CCc2ccccc2)S(=O)(=O)c2ccc(Cl)cc2)CC1. The fourth-order valence-corrected chi connectivity index (χ4v) is 4.96. The van der Waals surface area contributed by atoms with Gasteiger partial charge in [-0.25, -0.2) is 8.42 Å². The highest BCUT2D eigenvalue weighted by atomic mass is 35.5. The van der Waals surface area contributed by atoms with Crippen LogP contribution in [0.25, 0.3) is 0 Å². The average Bonchev–Trinajstić information content (AvgIpc) is 2.72. The van der Waals surface area contributed by atoms with Gasteiger partial charge in [-0.15, -0.1) is 0 Å². The molecule has 5 nitrogen and oxygen atoms in total. The van der Waals surface area contributed by atoms with Crippen LogP contribution in [0.4, 0.5) is 0 Å². The van der Waals surface area contributed by atoms with E-state index in [1.54, 1.807) is 17.0 Å². The summed E-state index contributed by atoms with van der Waals surface area (Å²) in [5.74, 6) is 0.466. The largest absolute Gasteiger partial charge is 0.342 e. The molecule has 0 atom stereocenters. The molecule has 0 aliphatic carbocycles. The maximum Gasteiger partial charge on any atom is 0.243 e. The lowest BCUT2D eigenvalue weighted by Crippen LogP contribution is -2.46. The van der Waals surface area contributed by atoms with Crippen LogP contribution in [0.1, 0.15) is 25.3 Å². The summed E-state index contributed by atoms with van der Waals surface area (Å²) in [6.45, 7) is 3.65. The first-order valence-corrected chi connectivity index (χ1v) is 11.8. The van der Waals surface area contributed by atoms with Crippen molar-refractivity contribution in [2.24, 2.45) is 5.92 Å². The molecule has 2 aromatic carbocycles. The van der Waals surface area contributed by atoms with Gasteiger partial charge >= 0.3 is 0 Å². The van der Waals surface area contributed by atoms with Crippen molar-refractivity contribution in [3.63, 3.8) is 0 Å². The summed E-state index contributed by atoms with van der Waals surface area (Å²) in [4.78, 5) is 14.8. The molecule has 3 rings (SSSR count). The molecule has 0 bridgehead atoms. The van der Waals surface area contributed by atoms with Crippen molar-refractivity contribution in [3.05, 3.63) is 65.2 Å². The van der Waals surface area contributed by atoms with Crippen molar-refractivity contribution in [2.75, 3.05) is 26.2 Å². The number of carbonyl (C=O) groups is 1. The normalized spacial score (nSPS) is 15.6. The minimum Gasteiger partial charge on any atom is -0.342 e. The summed E-state index contributed by atoms with van der Waals surface area (Å²) < 4.78 is 27.8. The smallest absolute Gasteiger partial charge is 0.243 e. The first kappa shape index (κ1) is 21.8. The number of hydrogen-bond donors (Lipinski definition) is 0. The molecule has 0 unspecified atom stereocenters. The lowest BCUT2D eigenvalue weighted by Gasteiger charge is -2.32. The average molecular weight is 435 g/mol. The van der Waals surface area contributed by atoms with E-state index in [0.29, 0.717) is 30.5 Å². The van der Waals surface area contributed by atoms with Gasteiger partial charge in [-0.2, -0.15) is 4.31 Å². The van der Waals surface area contributed by atoms with Crippen LogP contribution in [-0.4, -0.2) is 49.7 Å². The monoisotopic (exact) mass is 434 g/mol. The van der Waals surface area contributed by atoms with Crippen LogP contribution >= 0.6 is 11.6 Å². The topological polar surface area (TPSA) is 57.7 Å².